The van der Waals surface area contributed by atoms with Gasteiger partial charge in [0, 0.05) is 12.1 Å². The molecular formula is C20H25N5O5S. The summed E-state index contributed by atoms with van der Waals surface area (Å²) < 4.78 is 14.5. The third-order valence-electron chi connectivity index (χ3n) is 5.23. The number of nitrogen functional groups attached to an aromatic ring is 1. The Morgan fingerprint density at radius 3 is 2.61 bits per heavy atom. The summed E-state index contributed by atoms with van der Waals surface area (Å²) in [6.07, 6.45) is 0.593. The molecule has 0 aliphatic carbocycles. The third-order valence-corrected chi connectivity index (χ3v) is 6.08. The normalized spacial score (nSPS) is 12.5. The van der Waals surface area contributed by atoms with Crippen molar-refractivity contribution < 1.29 is 23.9 Å². The minimum atomic E-state index is -0.810. The molecule has 0 fully saturated rings. The highest BCUT2D eigenvalue weighted by Crippen LogP contribution is 2.32. The van der Waals surface area contributed by atoms with E-state index in [1.54, 1.807) is 12.1 Å². The van der Waals surface area contributed by atoms with Crippen LogP contribution in [0.4, 0.5) is 5.69 Å². The summed E-state index contributed by atoms with van der Waals surface area (Å²) in [4.78, 5) is 38.8. The molecule has 0 spiro atoms. The number of nitrogens with one attached hydrogen (secondary N) is 1. The molecular weight excluding hydrogens is 422 g/mol. The Balaban J connectivity index is 1.73. The van der Waals surface area contributed by atoms with Gasteiger partial charge in [0.2, 0.25) is 12.7 Å². The summed E-state index contributed by atoms with van der Waals surface area (Å²) in [7, 11) is 0. The van der Waals surface area contributed by atoms with Crippen LogP contribution in [0.25, 0.3) is 0 Å². The van der Waals surface area contributed by atoms with Crippen molar-refractivity contribution in [2.24, 2.45) is 5.73 Å². The minimum Gasteiger partial charge on any atom is -0.454 e. The van der Waals surface area contributed by atoms with Crippen LogP contribution in [-0.2, 0) is 11.3 Å². The topological polar surface area (TPSA) is 150 Å². The number of primary amides is 1. The first-order valence-corrected chi connectivity index (χ1v) is 10.4. The maximum Gasteiger partial charge on any atom is 0.270 e. The van der Waals surface area contributed by atoms with Crippen molar-refractivity contribution in [3.05, 3.63) is 34.3 Å². The van der Waals surface area contributed by atoms with Gasteiger partial charge < -0.3 is 31.2 Å². The van der Waals surface area contributed by atoms with Crippen molar-refractivity contribution in [1.82, 2.24) is 14.6 Å². The number of amides is 3. The van der Waals surface area contributed by atoms with Crippen LogP contribution >= 0.6 is 11.5 Å². The van der Waals surface area contributed by atoms with Crippen molar-refractivity contribution in [3.63, 3.8) is 0 Å². The van der Waals surface area contributed by atoms with Crippen LogP contribution < -0.4 is 26.3 Å². The van der Waals surface area contributed by atoms with Gasteiger partial charge in [-0.25, -0.2) is 0 Å². The number of nitrogens with zero attached hydrogens (tertiary/aromatic N) is 2. The van der Waals surface area contributed by atoms with Crippen LogP contribution in [0, 0.1) is 0 Å². The molecule has 5 N–H and O–H groups in total. The first-order valence-electron chi connectivity index (χ1n) is 9.66. The third kappa shape index (κ3) is 4.71. The molecule has 0 saturated heterocycles. The molecule has 1 aromatic heterocycles. The standard InChI is InChI=1S/C20H25N5O5S/c1-4-20(2,3)25(19(28)17-15(21)16(18(22)27)24-31-17)9-14(26)23-8-11-5-6-12-13(7-11)30-10-29-12/h5-7H,4,8-10,21H2,1-3H3,(H2,22,27)(H,23,26). The quantitative estimate of drug-likeness (QED) is 0.555. The number of ether oxygens (including phenoxy) is 2. The van der Waals surface area contributed by atoms with Crippen molar-refractivity contribution in [1.29, 1.82) is 0 Å². The molecule has 3 amide bonds. The zero-order valence-electron chi connectivity index (χ0n) is 17.6. The molecule has 1 aliphatic rings. The van der Waals surface area contributed by atoms with Gasteiger partial charge in [-0.3, -0.25) is 14.4 Å². The zero-order valence-corrected chi connectivity index (χ0v) is 18.4. The van der Waals surface area contributed by atoms with Gasteiger partial charge in [-0.15, -0.1) is 0 Å². The highest BCUT2D eigenvalue weighted by Gasteiger charge is 2.34. The molecule has 11 heteroatoms. The Bertz CT molecular complexity index is 1020. The first kappa shape index (κ1) is 22.3. The van der Waals surface area contributed by atoms with Gasteiger partial charge in [-0.1, -0.05) is 13.0 Å². The lowest BCUT2D eigenvalue weighted by atomic mass is 9.98. The van der Waals surface area contributed by atoms with Crippen LogP contribution in [0.3, 0.4) is 0 Å². The number of hydrogen-bond donors (Lipinski definition) is 3. The maximum absolute atomic E-state index is 13.2. The van der Waals surface area contributed by atoms with Gasteiger partial charge in [0.25, 0.3) is 11.8 Å². The summed E-state index contributed by atoms with van der Waals surface area (Å²) in [5, 5.41) is 2.81. The largest absolute Gasteiger partial charge is 0.454 e. The van der Waals surface area contributed by atoms with Gasteiger partial charge in [0.1, 0.15) is 11.4 Å². The van der Waals surface area contributed by atoms with E-state index in [9.17, 15) is 14.4 Å². The Morgan fingerprint density at radius 1 is 1.26 bits per heavy atom. The van der Waals surface area contributed by atoms with E-state index in [2.05, 4.69) is 9.69 Å². The van der Waals surface area contributed by atoms with Crippen LogP contribution in [-0.4, -0.2) is 45.9 Å². The minimum absolute atomic E-state index is 0.0693. The molecule has 31 heavy (non-hydrogen) atoms. The summed E-state index contributed by atoms with van der Waals surface area (Å²) in [5.41, 5.74) is 11.1. The van der Waals surface area contributed by atoms with Crippen LogP contribution in [0.1, 0.15) is 52.9 Å². The molecule has 0 radical (unpaired) electrons. The van der Waals surface area contributed by atoms with Gasteiger partial charge in [0.15, 0.2) is 17.2 Å². The number of aromatic nitrogens is 1. The smallest absolute Gasteiger partial charge is 0.270 e. The lowest BCUT2D eigenvalue weighted by Gasteiger charge is -2.37. The molecule has 2 aromatic rings. The molecule has 0 atom stereocenters. The molecule has 10 nitrogen and oxygen atoms in total. The molecule has 0 saturated carbocycles. The van der Waals surface area contributed by atoms with Crippen molar-refractivity contribution in [2.45, 2.75) is 39.3 Å². The second-order valence-corrected chi connectivity index (χ2v) is 8.43. The number of carbonyl (C=O) groups is 3. The lowest BCUT2D eigenvalue weighted by molar-refractivity contribution is -0.123. The van der Waals surface area contributed by atoms with Crippen LogP contribution in [0.2, 0.25) is 0 Å². The summed E-state index contributed by atoms with van der Waals surface area (Å²) >= 11 is 0.792. The fourth-order valence-electron chi connectivity index (χ4n) is 2.95. The highest BCUT2D eigenvalue weighted by atomic mass is 32.1. The second kappa shape index (κ2) is 8.80. The van der Waals surface area contributed by atoms with Crippen molar-refractivity contribution in [2.75, 3.05) is 19.1 Å². The Hall–Kier alpha value is -3.34. The van der Waals surface area contributed by atoms with Gasteiger partial charge in [0.05, 0.1) is 5.69 Å². The Kier molecular flexibility index (Phi) is 6.34. The van der Waals surface area contributed by atoms with Crippen molar-refractivity contribution >= 4 is 34.9 Å². The van der Waals surface area contributed by atoms with E-state index in [0.29, 0.717) is 17.9 Å². The van der Waals surface area contributed by atoms with E-state index >= 15 is 0 Å². The number of rotatable bonds is 8. The number of nitrogens with two attached hydrogens (primary N) is 2. The summed E-state index contributed by atoms with van der Waals surface area (Å²) in [6.45, 7) is 5.86. The van der Waals surface area contributed by atoms with E-state index in [0.717, 1.165) is 17.1 Å². The molecule has 1 aromatic carbocycles. The molecule has 0 bridgehead atoms. The van der Waals surface area contributed by atoms with E-state index in [1.165, 1.54) is 4.90 Å². The number of anilines is 1. The molecule has 166 valence electrons. The molecule has 3 rings (SSSR count). The fourth-order valence-corrected chi connectivity index (χ4v) is 3.71. The average Bonchev–Trinajstić information content (AvgIpc) is 3.35. The Labute approximate surface area is 183 Å². The molecule has 0 unspecified atom stereocenters. The van der Waals surface area contributed by atoms with Crippen molar-refractivity contribution in [3.8, 4) is 11.5 Å². The molecule has 1 aliphatic heterocycles. The van der Waals surface area contributed by atoms with Crippen LogP contribution in [0.5, 0.6) is 11.5 Å². The van der Waals surface area contributed by atoms with Gasteiger partial charge in [-0.2, -0.15) is 4.37 Å². The van der Waals surface area contributed by atoms with Gasteiger partial charge >= 0.3 is 0 Å². The number of fused-ring (bicyclic) bond motifs is 1. The number of hydrogen-bond acceptors (Lipinski definition) is 8. The van der Waals surface area contributed by atoms with E-state index in [-0.39, 0.29) is 42.0 Å². The summed E-state index contributed by atoms with van der Waals surface area (Å²) in [5.74, 6) is -0.343. The highest BCUT2D eigenvalue weighted by molar-refractivity contribution is 7.09. The molecule has 2 heterocycles. The van der Waals surface area contributed by atoms with Crippen LogP contribution in [0.15, 0.2) is 18.2 Å². The first-order chi connectivity index (χ1) is 14.6. The Morgan fingerprint density at radius 2 is 1.97 bits per heavy atom. The van der Waals surface area contributed by atoms with Gasteiger partial charge in [-0.05, 0) is 49.5 Å². The predicted molar refractivity (Wildman–Crippen MR) is 115 cm³/mol. The second-order valence-electron chi connectivity index (χ2n) is 7.66. The zero-order chi connectivity index (χ0) is 22.8. The SMILES string of the molecule is CCC(C)(C)N(CC(=O)NCc1ccc2c(c1)OCO2)C(=O)c1snc(C(N)=O)c1N. The van der Waals surface area contributed by atoms with E-state index < -0.39 is 17.4 Å². The number of carbonyl (C=O) groups excluding carboxylic acids is 3. The predicted octanol–water partition coefficient (Wildman–Crippen LogP) is 1.50. The van der Waals surface area contributed by atoms with E-state index in [4.69, 9.17) is 20.9 Å². The average molecular weight is 448 g/mol. The number of benzene rings is 1. The maximum atomic E-state index is 13.2. The fraction of sp³-hybridized carbons (Fsp3) is 0.400. The lowest BCUT2D eigenvalue weighted by Crippen LogP contribution is -2.51. The monoisotopic (exact) mass is 447 g/mol. The van der Waals surface area contributed by atoms with E-state index in [1.807, 2.05) is 26.8 Å². The summed E-state index contributed by atoms with van der Waals surface area (Å²) in [6, 6.07) is 5.41.